The maximum Gasteiger partial charge on any atom is 0.229 e. The maximum absolute atomic E-state index is 15.3. The van der Waals surface area contributed by atoms with E-state index in [4.69, 9.17) is 4.98 Å². The van der Waals surface area contributed by atoms with Crippen LogP contribution in [0, 0.1) is 56.7 Å². The summed E-state index contributed by atoms with van der Waals surface area (Å²) in [7, 11) is 0. The van der Waals surface area contributed by atoms with Gasteiger partial charge in [-0.1, -0.05) is 46.8 Å². The molecule has 1 saturated heterocycles. The minimum absolute atomic E-state index is 0.00335. The number of amides is 1. The monoisotopic (exact) mass is 652 g/mol. The number of carbonyl (C=O) groups excluding carboxylic acids is 1. The minimum atomic E-state index is -0.309. The van der Waals surface area contributed by atoms with Gasteiger partial charge in [0, 0.05) is 24.5 Å². The molecule has 260 valence electrons. The Hall–Kier alpha value is -2.47. The van der Waals surface area contributed by atoms with Crippen LogP contribution in [0.1, 0.15) is 130 Å². The zero-order chi connectivity index (χ0) is 33.9. The van der Waals surface area contributed by atoms with Gasteiger partial charge in [0.05, 0.1) is 29.5 Å². The first-order valence-electron chi connectivity index (χ1n) is 19.4. The van der Waals surface area contributed by atoms with Gasteiger partial charge in [-0.3, -0.25) is 9.78 Å². The van der Waals surface area contributed by atoms with E-state index in [9.17, 15) is 5.11 Å². The third kappa shape index (κ3) is 4.29. The van der Waals surface area contributed by atoms with Gasteiger partial charge in [-0.15, -0.1) is 0 Å². The number of aliphatic hydroxyl groups is 1. The Kier molecular flexibility index (Phi) is 7.51. The first kappa shape index (κ1) is 32.7. The van der Waals surface area contributed by atoms with E-state index < -0.39 is 0 Å². The summed E-state index contributed by atoms with van der Waals surface area (Å²) in [5, 5.41) is 11.1. The molecule has 6 nitrogen and oxygen atoms in total. The van der Waals surface area contributed by atoms with E-state index >= 15 is 4.79 Å². The van der Waals surface area contributed by atoms with E-state index in [1.807, 2.05) is 18.5 Å². The van der Waals surface area contributed by atoms with Crippen LogP contribution in [-0.2, 0) is 4.79 Å². The van der Waals surface area contributed by atoms with Crippen molar-refractivity contribution in [2.45, 2.75) is 131 Å². The van der Waals surface area contributed by atoms with Crippen molar-refractivity contribution in [1.82, 2.24) is 19.9 Å². The van der Waals surface area contributed by atoms with Crippen molar-refractivity contribution in [2.24, 2.45) is 56.7 Å². The summed E-state index contributed by atoms with van der Waals surface area (Å²) in [5.41, 5.74) is 3.64. The number of allylic oxidation sites excluding steroid dienone is 1. The van der Waals surface area contributed by atoms with E-state index in [0.29, 0.717) is 35.5 Å². The zero-order valence-corrected chi connectivity index (χ0v) is 30.5. The number of likely N-dealkylation sites (tertiary alicyclic amines) is 1. The molecular weight excluding hydrogens is 592 g/mol. The minimum Gasteiger partial charge on any atom is -0.393 e. The highest BCUT2D eigenvalue weighted by atomic mass is 16.3. The van der Waals surface area contributed by atoms with Crippen LogP contribution >= 0.6 is 0 Å². The van der Waals surface area contributed by atoms with E-state index in [1.54, 1.807) is 6.20 Å². The van der Waals surface area contributed by atoms with Crippen LogP contribution in [0.4, 0.5) is 0 Å². The Balaban J connectivity index is 1.12. The third-order valence-electron chi connectivity index (χ3n) is 16.9. The van der Waals surface area contributed by atoms with Crippen LogP contribution in [0.3, 0.4) is 0 Å². The number of fused-ring (bicyclic) bond motifs is 7. The van der Waals surface area contributed by atoms with Crippen molar-refractivity contribution >= 4 is 5.91 Å². The van der Waals surface area contributed by atoms with Crippen molar-refractivity contribution < 1.29 is 9.90 Å². The lowest BCUT2D eigenvalue weighted by molar-refractivity contribution is -0.247. The molecule has 5 aliphatic carbocycles. The largest absolute Gasteiger partial charge is 0.393 e. The standard InChI is InChI=1S/C42H60N4O2/c1-26(2)28-14-19-42(37(48)46-23-9-11-31(46)36-44-25-30(45-36)27-10-8-22-43-24-27)21-20-40(6)29(35(28)42)12-13-33-39(5)17-16-34(47)38(3,4)32(39)15-18-41(33,40)7/h8,10,22,24-25,28-29,31-35,47H,1,9,11-21,23H2,2-7H3,(H,44,45)/t28-,29+,31+,32-,33+,34-,35+,39-,40+,41+,42-/m0/s1. The van der Waals surface area contributed by atoms with Crippen molar-refractivity contribution in [1.29, 1.82) is 0 Å². The summed E-state index contributed by atoms with van der Waals surface area (Å²) in [6, 6.07) is 4.01. The molecule has 0 spiro atoms. The van der Waals surface area contributed by atoms with Crippen molar-refractivity contribution in [3.05, 3.63) is 48.7 Å². The van der Waals surface area contributed by atoms with Crippen molar-refractivity contribution in [2.75, 3.05) is 6.54 Å². The number of aromatic amines is 1. The van der Waals surface area contributed by atoms with Gasteiger partial charge in [-0.05, 0) is 147 Å². The highest BCUT2D eigenvalue weighted by Gasteiger charge is 2.72. The molecule has 0 unspecified atom stereocenters. The summed E-state index contributed by atoms with van der Waals surface area (Å²) in [6.45, 7) is 20.3. The van der Waals surface area contributed by atoms with E-state index in [0.717, 1.165) is 75.0 Å². The Labute approximate surface area is 289 Å². The lowest BCUT2D eigenvalue weighted by Crippen LogP contribution is -2.67. The van der Waals surface area contributed by atoms with Crippen LogP contribution in [0.15, 0.2) is 42.9 Å². The van der Waals surface area contributed by atoms with Gasteiger partial charge in [0.1, 0.15) is 5.82 Å². The fourth-order valence-electron chi connectivity index (χ4n) is 14.3. The first-order valence-corrected chi connectivity index (χ1v) is 19.4. The number of aromatic nitrogens is 3. The fourth-order valence-corrected chi connectivity index (χ4v) is 14.3. The molecule has 48 heavy (non-hydrogen) atoms. The van der Waals surface area contributed by atoms with Gasteiger partial charge in [0.25, 0.3) is 0 Å². The zero-order valence-electron chi connectivity index (χ0n) is 30.5. The van der Waals surface area contributed by atoms with Crippen LogP contribution in [0.2, 0.25) is 0 Å². The maximum atomic E-state index is 15.3. The van der Waals surface area contributed by atoms with Gasteiger partial charge in [0.2, 0.25) is 5.91 Å². The third-order valence-corrected chi connectivity index (χ3v) is 16.9. The van der Waals surface area contributed by atoms with Gasteiger partial charge in [-0.25, -0.2) is 4.98 Å². The van der Waals surface area contributed by atoms with E-state index in [1.165, 1.54) is 31.3 Å². The normalized spacial score (nSPS) is 44.7. The quantitative estimate of drug-likeness (QED) is 0.323. The predicted molar refractivity (Wildman–Crippen MR) is 190 cm³/mol. The van der Waals surface area contributed by atoms with Crippen LogP contribution in [-0.4, -0.2) is 43.5 Å². The summed E-state index contributed by atoms with van der Waals surface area (Å²) in [6.07, 6.45) is 18.6. The smallest absolute Gasteiger partial charge is 0.229 e. The first-order chi connectivity index (χ1) is 22.8. The van der Waals surface area contributed by atoms with Gasteiger partial charge in [-0.2, -0.15) is 0 Å². The number of H-pyrrole nitrogens is 1. The van der Waals surface area contributed by atoms with Crippen LogP contribution in [0.5, 0.6) is 0 Å². The summed E-state index contributed by atoms with van der Waals surface area (Å²) in [4.78, 5) is 30.3. The second-order valence-electron chi connectivity index (χ2n) is 18.8. The summed E-state index contributed by atoms with van der Waals surface area (Å²) < 4.78 is 0. The Morgan fingerprint density at radius 3 is 2.50 bits per heavy atom. The lowest BCUT2D eigenvalue weighted by atomic mass is 9.32. The number of hydrogen-bond acceptors (Lipinski definition) is 4. The number of nitrogens with zero attached hydrogens (tertiary/aromatic N) is 3. The molecule has 3 heterocycles. The highest BCUT2D eigenvalue weighted by molar-refractivity contribution is 5.84. The SMILES string of the molecule is C=C(C)[C@@H]1CC[C@]2(C(=O)N3CCC[C@@H]3c3ncc(-c4cccnc4)[nH]3)CC[C@]3(C)[C@H](CC[C@@H]4[C@@]5(C)CC[C@H](O)C(C)(C)[C@@H]5CC[C@]43C)[C@@H]12. The molecule has 1 amide bonds. The molecule has 8 rings (SSSR count). The molecule has 0 bridgehead atoms. The van der Waals surface area contributed by atoms with Gasteiger partial charge in [0.15, 0.2) is 0 Å². The predicted octanol–water partition coefficient (Wildman–Crippen LogP) is 9.15. The number of aliphatic hydroxyl groups excluding tert-OH is 1. The molecular formula is C42H60N4O2. The van der Waals surface area contributed by atoms with E-state index in [-0.39, 0.29) is 39.2 Å². The lowest BCUT2D eigenvalue weighted by Gasteiger charge is -2.73. The molecule has 2 aromatic rings. The Bertz CT molecular complexity index is 1580. The van der Waals surface area contributed by atoms with Crippen molar-refractivity contribution in [3.8, 4) is 11.3 Å². The fraction of sp³-hybridized carbons (Fsp3) is 0.738. The van der Waals surface area contributed by atoms with Gasteiger partial charge >= 0.3 is 0 Å². The summed E-state index contributed by atoms with van der Waals surface area (Å²) in [5.74, 6) is 3.87. The topological polar surface area (TPSA) is 82.1 Å². The molecule has 2 N–H and O–H groups in total. The van der Waals surface area contributed by atoms with Gasteiger partial charge < -0.3 is 15.0 Å². The second-order valence-corrected chi connectivity index (χ2v) is 18.8. The number of rotatable bonds is 4. The number of pyridine rings is 1. The number of hydrogen-bond donors (Lipinski definition) is 2. The average molecular weight is 653 g/mol. The number of nitrogens with one attached hydrogen (secondary N) is 1. The number of imidazole rings is 1. The molecule has 6 heteroatoms. The summed E-state index contributed by atoms with van der Waals surface area (Å²) >= 11 is 0. The molecule has 11 atom stereocenters. The van der Waals surface area contributed by atoms with Crippen molar-refractivity contribution in [3.63, 3.8) is 0 Å². The molecule has 5 saturated carbocycles. The van der Waals surface area contributed by atoms with E-state index in [2.05, 4.69) is 69.1 Å². The molecule has 0 radical (unpaired) electrons. The molecule has 0 aromatic carbocycles. The number of carbonyl (C=O) groups is 1. The Morgan fingerprint density at radius 1 is 0.938 bits per heavy atom. The second kappa shape index (κ2) is 11.0. The van der Waals surface area contributed by atoms with Crippen LogP contribution in [0.25, 0.3) is 11.3 Å². The molecule has 6 fully saturated rings. The molecule has 6 aliphatic rings. The van der Waals surface area contributed by atoms with Crippen LogP contribution < -0.4 is 0 Å². The average Bonchev–Trinajstić information content (AvgIpc) is 3.82. The molecule has 1 aliphatic heterocycles. The molecule has 2 aromatic heterocycles. The Morgan fingerprint density at radius 2 is 1.75 bits per heavy atom. The highest BCUT2D eigenvalue weighted by Crippen LogP contribution is 2.77.